The van der Waals surface area contributed by atoms with Crippen molar-refractivity contribution >= 4 is 25.7 Å². The third-order valence-corrected chi connectivity index (χ3v) is 8.12. The van der Waals surface area contributed by atoms with Crippen LogP contribution in [0.3, 0.4) is 0 Å². The van der Waals surface area contributed by atoms with E-state index < -0.39 is 155 Å². The van der Waals surface area contributed by atoms with Crippen LogP contribution in [0.25, 0.3) is 0 Å². The molecule has 11 nitrogen and oxygen atoms in total. The molecule has 4 N–H and O–H groups in total. The quantitative estimate of drug-likeness (QED) is 0.0486. The summed E-state index contributed by atoms with van der Waals surface area (Å²) in [5.41, 5.74) is 4.90. The lowest BCUT2D eigenvalue weighted by Gasteiger charge is -2.39. The molecule has 0 spiro atoms. The Bertz CT molecular complexity index is 1630. The predicted octanol–water partition coefficient (Wildman–Crippen LogP) is 8.02. The Morgan fingerprint density at radius 2 is 0.790 bits per heavy atom. The van der Waals surface area contributed by atoms with E-state index >= 15 is 0 Å². The zero-order chi connectivity index (χ0) is 50.2. The zero-order valence-corrected chi connectivity index (χ0v) is 29.5. The molecule has 0 rings (SSSR count). The van der Waals surface area contributed by atoms with E-state index in [0.717, 1.165) is 0 Å². The van der Waals surface area contributed by atoms with E-state index in [9.17, 15) is 138 Å². The minimum atomic E-state index is -8.39. The second-order valence-electron chi connectivity index (χ2n) is 11.8. The predicted molar refractivity (Wildman–Crippen MR) is 138 cm³/mol. The Morgan fingerprint density at radius 3 is 1.11 bits per heavy atom. The van der Waals surface area contributed by atoms with Crippen molar-refractivity contribution in [2.45, 2.75) is 109 Å². The number of nitrogens with two attached hydrogens (primary N) is 1. The molecule has 0 bridgehead atoms. The lowest BCUT2D eigenvalue weighted by molar-refractivity contribution is -0.440. The van der Waals surface area contributed by atoms with Crippen LogP contribution >= 0.6 is 7.82 Å². The number of halogens is 26. The number of carboxylic acid groups (broad SMARTS) is 1. The number of hydrogen-bond acceptors (Lipinski definition) is 9. The fraction of sp³-hybridized carbons (Fsp3) is 0.875. The topological polar surface area (TPSA) is 172 Å². The minimum Gasteiger partial charge on any atom is -0.480 e. The molecule has 0 saturated carbocycles. The van der Waals surface area contributed by atoms with Gasteiger partial charge in [0, 0.05) is 12.8 Å². The summed E-state index contributed by atoms with van der Waals surface area (Å²) in [4.78, 5) is 44.0. The third kappa shape index (κ3) is 11.5. The highest BCUT2D eigenvalue weighted by atomic mass is 31.2. The van der Waals surface area contributed by atoms with Gasteiger partial charge in [0.25, 0.3) is 0 Å². The summed E-state index contributed by atoms with van der Waals surface area (Å²) in [6.07, 6.45) is -30.3. The van der Waals surface area contributed by atoms with Gasteiger partial charge in [-0.05, 0) is 0 Å². The van der Waals surface area contributed by atoms with Crippen LogP contribution in [-0.2, 0) is 37.5 Å². The Morgan fingerprint density at radius 1 is 0.484 bits per heavy atom. The number of hydrogen-bond donors (Lipinski definition) is 3. The van der Waals surface area contributed by atoms with Crippen LogP contribution in [0.4, 0.5) is 114 Å². The van der Waals surface area contributed by atoms with Gasteiger partial charge in [-0.3, -0.25) is 23.4 Å². The number of phosphoric ester groups is 1. The first-order valence-corrected chi connectivity index (χ1v) is 16.3. The first-order valence-electron chi connectivity index (χ1n) is 14.8. The smallest absolute Gasteiger partial charge is 0.472 e. The van der Waals surface area contributed by atoms with Gasteiger partial charge in [0.15, 0.2) is 6.10 Å². The van der Waals surface area contributed by atoms with E-state index in [2.05, 4.69) is 18.5 Å². The van der Waals surface area contributed by atoms with Crippen LogP contribution in [0.2, 0.25) is 0 Å². The number of esters is 2. The Labute approximate surface area is 323 Å². The van der Waals surface area contributed by atoms with Crippen molar-refractivity contribution in [3.63, 3.8) is 0 Å². The molecule has 0 heterocycles. The van der Waals surface area contributed by atoms with E-state index in [-0.39, 0.29) is 0 Å². The van der Waals surface area contributed by atoms with E-state index in [1.807, 2.05) is 0 Å². The molecule has 368 valence electrons. The molecule has 3 atom stereocenters. The molecule has 0 amide bonds. The summed E-state index contributed by atoms with van der Waals surface area (Å²) in [6.45, 7) is -5.61. The molecule has 0 radical (unpaired) electrons. The molecule has 0 aliphatic heterocycles. The minimum absolute atomic E-state index is 1.50. The molecular weight excluding hydrogens is 987 g/mol. The van der Waals surface area contributed by atoms with Gasteiger partial charge in [-0.25, -0.2) is 4.57 Å². The van der Waals surface area contributed by atoms with E-state index in [1.54, 1.807) is 0 Å². The first kappa shape index (κ1) is 58.7. The summed E-state index contributed by atoms with van der Waals surface area (Å²) in [5.74, 6) is -86.8. The normalized spacial score (nSPS) is 17.0. The van der Waals surface area contributed by atoms with Gasteiger partial charge in [0.1, 0.15) is 12.6 Å². The first-order chi connectivity index (χ1) is 26.9. The molecule has 38 heteroatoms. The summed E-state index contributed by atoms with van der Waals surface area (Å²) in [6, 6.07) is -2.18. The Hall–Kier alpha value is -3.34. The van der Waals surface area contributed by atoms with Crippen LogP contribution in [0.1, 0.15) is 25.7 Å². The highest BCUT2D eigenvalue weighted by Gasteiger charge is 2.92. The van der Waals surface area contributed by atoms with Crippen molar-refractivity contribution in [3.8, 4) is 0 Å². The summed E-state index contributed by atoms with van der Waals surface area (Å²) >= 11 is 0. The van der Waals surface area contributed by atoms with Crippen molar-refractivity contribution < 1.29 is 162 Å². The van der Waals surface area contributed by atoms with Crippen molar-refractivity contribution in [1.82, 2.24) is 0 Å². The van der Waals surface area contributed by atoms with Gasteiger partial charge >= 0.3 is 97.3 Å². The molecule has 0 aliphatic carbocycles. The summed E-state index contributed by atoms with van der Waals surface area (Å²) < 4.78 is 373. The second-order valence-corrected chi connectivity index (χ2v) is 13.3. The third-order valence-electron chi connectivity index (χ3n) is 7.17. The summed E-state index contributed by atoms with van der Waals surface area (Å²) in [5, 5.41) is 8.59. The van der Waals surface area contributed by atoms with Crippen LogP contribution in [0.5, 0.6) is 0 Å². The Kier molecular flexibility index (Phi) is 17.3. The number of carbonyl (C=O) groups excluding carboxylic acids is 2. The van der Waals surface area contributed by atoms with Crippen LogP contribution in [0, 0.1) is 0 Å². The lowest BCUT2D eigenvalue weighted by atomic mass is 9.92. The summed E-state index contributed by atoms with van der Waals surface area (Å²) in [7, 11) is -5.79. The average Bonchev–Trinajstić information content (AvgIpc) is 3.08. The molecule has 0 saturated heterocycles. The van der Waals surface area contributed by atoms with Gasteiger partial charge in [-0.1, -0.05) is 0 Å². The van der Waals surface area contributed by atoms with Gasteiger partial charge in [0.05, 0.1) is 26.1 Å². The molecule has 62 heavy (non-hydrogen) atoms. The molecule has 0 aromatic rings. The van der Waals surface area contributed by atoms with Crippen molar-refractivity contribution in [1.29, 1.82) is 0 Å². The SMILES string of the molecule is NC(COP(=O)(O)OCC(COC(=O)CCC(F)(F)C(F)(F)C(F)(F)C(F)(F)C(F)(F)C(F)(F)F)OC(=O)CCC(F)(F)C(F)(F)C(F)(F)C(F)(F)C(F)(F)C(F)(F)F)C(=O)O. The van der Waals surface area contributed by atoms with Gasteiger partial charge in [-0.2, -0.15) is 114 Å². The molecule has 0 aromatic heterocycles. The number of alkyl halides is 26. The number of carboxylic acids is 1. The molecule has 3 unspecified atom stereocenters. The largest absolute Gasteiger partial charge is 0.480 e. The maximum absolute atomic E-state index is 14.1. The highest BCUT2D eigenvalue weighted by molar-refractivity contribution is 7.47. The fourth-order valence-electron chi connectivity index (χ4n) is 3.52. The van der Waals surface area contributed by atoms with E-state index in [4.69, 9.17) is 10.8 Å². The Balaban J connectivity index is 6.35. The van der Waals surface area contributed by atoms with Gasteiger partial charge in [-0.15, -0.1) is 0 Å². The van der Waals surface area contributed by atoms with E-state index in [1.165, 1.54) is 0 Å². The van der Waals surface area contributed by atoms with Crippen LogP contribution in [0.15, 0.2) is 0 Å². The monoisotopic (exact) mass is 1010 g/mol. The van der Waals surface area contributed by atoms with Gasteiger partial charge < -0.3 is 25.2 Å². The number of aliphatic carboxylic acids is 1. The molecular formula is C24H20F26NO10P. The van der Waals surface area contributed by atoms with E-state index in [0.29, 0.717) is 0 Å². The van der Waals surface area contributed by atoms with Crippen molar-refractivity contribution in [2.75, 3.05) is 19.8 Å². The molecule has 0 aliphatic rings. The fourth-order valence-corrected chi connectivity index (χ4v) is 4.29. The number of ether oxygens (including phenoxy) is 2. The van der Waals surface area contributed by atoms with Crippen LogP contribution in [-0.4, -0.2) is 131 Å². The maximum Gasteiger partial charge on any atom is 0.472 e. The van der Waals surface area contributed by atoms with Crippen LogP contribution < -0.4 is 5.73 Å². The standard InChI is InChI=1S/C24H20F26NO10P/c25-13(26,15(29,30)17(33,34)19(37,38)21(41,42)23(45,46)47)3-1-10(52)58-5-8(6-59-62(56,57)60-7-9(51)12(54)55)61-11(53)2-4-14(27,28)16(31,32)18(35,36)20(39,40)22(43,44)24(48,49)50/h8-9H,1-7,51H2,(H,54,55)(H,56,57). The highest BCUT2D eigenvalue weighted by Crippen LogP contribution is 2.62. The molecule has 0 aromatic carbocycles. The second kappa shape index (κ2) is 18.3. The molecule has 0 fully saturated rings. The number of carbonyl (C=O) groups is 3. The number of rotatable bonds is 24. The number of phosphoric acid groups is 1. The van der Waals surface area contributed by atoms with Gasteiger partial charge in [0.2, 0.25) is 0 Å². The van der Waals surface area contributed by atoms with Crippen molar-refractivity contribution in [2.24, 2.45) is 5.73 Å². The average molecular weight is 1010 g/mol. The lowest BCUT2D eigenvalue weighted by Crippen LogP contribution is -2.70. The van der Waals surface area contributed by atoms with Crippen molar-refractivity contribution in [3.05, 3.63) is 0 Å². The zero-order valence-electron chi connectivity index (χ0n) is 28.6. The maximum atomic E-state index is 14.1.